The van der Waals surface area contributed by atoms with E-state index in [9.17, 15) is 23.1 Å². The highest BCUT2D eigenvalue weighted by atomic mass is 35.5. The molecular formula is C25H21Cl2N5O5S2. The molecule has 0 atom stereocenters. The second-order valence-corrected chi connectivity index (χ2v) is 11.4. The summed E-state index contributed by atoms with van der Waals surface area (Å²) < 4.78 is 33.0. The Labute approximate surface area is 238 Å². The third kappa shape index (κ3) is 5.69. The number of aromatic amines is 1. The van der Waals surface area contributed by atoms with Gasteiger partial charge in [-0.15, -0.1) is 0 Å². The van der Waals surface area contributed by atoms with Crippen LogP contribution in [0.2, 0.25) is 10.0 Å². The Balaban J connectivity index is 2.06. The van der Waals surface area contributed by atoms with Crippen molar-refractivity contribution >= 4 is 57.4 Å². The van der Waals surface area contributed by atoms with E-state index in [0.717, 1.165) is 10.3 Å². The van der Waals surface area contributed by atoms with Gasteiger partial charge in [-0.25, -0.2) is 13.9 Å². The van der Waals surface area contributed by atoms with Crippen LogP contribution in [-0.2, 0) is 22.7 Å². The van der Waals surface area contributed by atoms with Crippen molar-refractivity contribution in [1.29, 1.82) is 0 Å². The van der Waals surface area contributed by atoms with E-state index in [2.05, 4.69) is 9.38 Å². The molecule has 0 amide bonds. The van der Waals surface area contributed by atoms with Crippen molar-refractivity contribution < 1.29 is 18.1 Å². The highest BCUT2D eigenvalue weighted by Gasteiger charge is 2.33. The molecule has 0 bridgehead atoms. The van der Waals surface area contributed by atoms with Gasteiger partial charge in [-0.3, -0.25) is 9.78 Å². The fourth-order valence-corrected chi connectivity index (χ4v) is 5.63. The summed E-state index contributed by atoms with van der Waals surface area (Å²) in [6.07, 6.45) is 2.92. The van der Waals surface area contributed by atoms with Crippen LogP contribution in [0, 0.1) is 6.92 Å². The molecule has 0 saturated heterocycles. The van der Waals surface area contributed by atoms with Crippen molar-refractivity contribution in [2.45, 2.75) is 16.7 Å². The van der Waals surface area contributed by atoms with E-state index in [1.807, 2.05) is 19.0 Å². The Morgan fingerprint density at radius 1 is 1.08 bits per heavy atom. The quantitative estimate of drug-likeness (QED) is 0.155. The molecule has 14 heteroatoms. The smallest absolute Gasteiger partial charge is 0.368 e. The van der Waals surface area contributed by atoms with Gasteiger partial charge in [-0.05, 0) is 42.8 Å². The Morgan fingerprint density at radius 2 is 1.69 bits per heavy atom. The summed E-state index contributed by atoms with van der Waals surface area (Å²) in [5.41, 5.74) is -1.23. The maximum Gasteiger partial charge on any atom is 0.368 e. The zero-order valence-corrected chi connectivity index (χ0v) is 23.9. The summed E-state index contributed by atoms with van der Waals surface area (Å²) >= 11 is 17.3. The molecule has 10 nitrogen and oxygen atoms in total. The lowest BCUT2D eigenvalue weighted by molar-refractivity contribution is -0.554. The Kier molecular flexibility index (Phi) is 7.84. The van der Waals surface area contributed by atoms with Gasteiger partial charge < -0.3 is 22.6 Å². The van der Waals surface area contributed by atoms with Gasteiger partial charge >= 0.3 is 21.5 Å². The standard InChI is InChI=1S/C25H21Cl2N5O5S2/c1-14-12-20(19(38)13-18(14)27)39(36,37)29-22(31-10-8-16(9-11-31)30(2)3)21-23(33)28-25(35)32(24(21)34)17-6-4-15(26)5-7-17/h4-13H,1-3H3,(H2-,28,29,33,34,35,38). The van der Waals surface area contributed by atoms with E-state index in [0.29, 0.717) is 10.6 Å². The number of rotatable bonds is 5. The third-order valence-corrected chi connectivity index (χ3v) is 8.11. The van der Waals surface area contributed by atoms with Gasteiger partial charge in [0.1, 0.15) is 0 Å². The predicted molar refractivity (Wildman–Crippen MR) is 151 cm³/mol. The van der Waals surface area contributed by atoms with Crippen LogP contribution in [0.4, 0.5) is 5.69 Å². The van der Waals surface area contributed by atoms with E-state index in [1.54, 1.807) is 19.1 Å². The first-order valence-corrected chi connectivity index (χ1v) is 13.8. The summed E-state index contributed by atoms with van der Waals surface area (Å²) in [6.45, 7) is 1.61. The first kappa shape index (κ1) is 28.3. The molecule has 0 aliphatic carbocycles. The molecule has 2 aromatic heterocycles. The molecule has 0 aliphatic heterocycles. The highest BCUT2D eigenvalue weighted by Crippen LogP contribution is 2.26. The fraction of sp³-hybridized carbons (Fsp3) is 0.120. The molecule has 2 N–H and O–H groups in total. The molecule has 0 saturated carbocycles. The average Bonchev–Trinajstić information content (AvgIpc) is 2.86. The molecule has 39 heavy (non-hydrogen) atoms. The molecule has 0 spiro atoms. The molecule has 2 heterocycles. The summed E-state index contributed by atoms with van der Waals surface area (Å²) in [6, 6.07) is 11.7. The molecule has 4 rings (SSSR count). The summed E-state index contributed by atoms with van der Waals surface area (Å²) in [5.74, 6) is -1.32. The molecule has 0 unspecified atom stereocenters. The van der Waals surface area contributed by atoms with Gasteiger partial charge in [0.05, 0.1) is 27.4 Å². The van der Waals surface area contributed by atoms with Crippen LogP contribution in [0.3, 0.4) is 0 Å². The maximum absolute atomic E-state index is 13.5. The number of anilines is 1. The van der Waals surface area contributed by atoms with Gasteiger partial charge in [0, 0.05) is 42.0 Å². The molecule has 0 aliphatic rings. The minimum Gasteiger partial charge on any atom is -0.778 e. The van der Waals surface area contributed by atoms with E-state index in [-0.39, 0.29) is 20.5 Å². The summed E-state index contributed by atoms with van der Waals surface area (Å²) in [7, 11) is -0.931. The number of aryl methyl sites for hydroxylation is 1. The molecular weight excluding hydrogens is 585 g/mol. The Bertz CT molecular complexity index is 1830. The first-order chi connectivity index (χ1) is 18.3. The van der Waals surface area contributed by atoms with Gasteiger partial charge in [-0.2, -0.15) is 13.3 Å². The van der Waals surface area contributed by atoms with E-state index >= 15 is 0 Å². The minimum absolute atomic E-state index is 0.0779. The van der Waals surface area contributed by atoms with E-state index < -0.39 is 38.6 Å². The SMILES string of the molecule is Cc1cc(S(=O)(=O)/N=C(/c2c(O)n(-c3ccc(Cl)cc3)c(=O)[nH]c2=O)[n+]2ccc(N(C)C)cc2)c([S-])cc1Cl. The number of nitrogens with zero attached hydrogens (tertiary/aromatic N) is 4. The largest absolute Gasteiger partial charge is 0.778 e. The van der Waals surface area contributed by atoms with Crippen molar-refractivity contribution in [2.75, 3.05) is 19.0 Å². The van der Waals surface area contributed by atoms with E-state index in [1.165, 1.54) is 53.4 Å². The molecule has 0 radical (unpaired) electrons. The van der Waals surface area contributed by atoms with Crippen LogP contribution in [0.15, 0.2) is 84.7 Å². The number of pyridine rings is 1. The number of sulfonamides is 1. The lowest BCUT2D eigenvalue weighted by Crippen LogP contribution is -2.48. The van der Waals surface area contributed by atoms with Crippen molar-refractivity contribution in [3.05, 3.63) is 103 Å². The number of nitrogens with one attached hydrogen (secondary N) is 1. The maximum atomic E-state index is 13.5. The number of aromatic nitrogens is 3. The lowest BCUT2D eigenvalue weighted by Gasteiger charge is -2.14. The Hall–Kier alpha value is -3.71. The van der Waals surface area contributed by atoms with Gasteiger partial charge in [-0.1, -0.05) is 29.3 Å². The van der Waals surface area contributed by atoms with Crippen LogP contribution < -0.4 is 20.7 Å². The number of aromatic hydroxyl groups is 1. The molecule has 202 valence electrons. The normalized spacial score (nSPS) is 12.0. The third-order valence-electron chi connectivity index (χ3n) is 5.68. The van der Waals surface area contributed by atoms with Crippen LogP contribution in [-0.4, -0.2) is 43.0 Å². The number of halogens is 2. The molecule has 0 fully saturated rings. The number of benzene rings is 2. The predicted octanol–water partition coefficient (Wildman–Crippen LogP) is 2.79. The second kappa shape index (κ2) is 10.8. The van der Waals surface area contributed by atoms with Crippen LogP contribution >= 0.6 is 23.2 Å². The topological polar surface area (TPSA) is 129 Å². The summed E-state index contributed by atoms with van der Waals surface area (Å²) in [5, 5.41) is 11.9. The van der Waals surface area contributed by atoms with Crippen LogP contribution in [0.5, 0.6) is 5.88 Å². The van der Waals surface area contributed by atoms with Crippen molar-refractivity contribution in [3.8, 4) is 11.6 Å². The second-order valence-electron chi connectivity index (χ2n) is 8.57. The average molecular weight is 607 g/mol. The fourth-order valence-electron chi connectivity index (χ4n) is 3.64. The van der Waals surface area contributed by atoms with Crippen molar-refractivity contribution in [2.24, 2.45) is 4.40 Å². The number of H-pyrrole nitrogens is 1. The molecule has 2 aromatic carbocycles. The zero-order valence-electron chi connectivity index (χ0n) is 20.7. The lowest BCUT2D eigenvalue weighted by atomic mass is 10.2. The molecule has 4 aromatic rings. The van der Waals surface area contributed by atoms with Crippen LogP contribution in [0.1, 0.15) is 11.1 Å². The van der Waals surface area contributed by atoms with Gasteiger partial charge in [0.25, 0.3) is 5.56 Å². The van der Waals surface area contributed by atoms with Gasteiger partial charge in [0.15, 0.2) is 5.56 Å². The van der Waals surface area contributed by atoms with Crippen LogP contribution in [0.25, 0.3) is 5.69 Å². The highest BCUT2D eigenvalue weighted by molar-refractivity contribution is 7.90. The number of hydrogen-bond donors (Lipinski definition) is 2. The van der Waals surface area contributed by atoms with Crippen molar-refractivity contribution in [1.82, 2.24) is 9.55 Å². The van der Waals surface area contributed by atoms with Crippen molar-refractivity contribution in [3.63, 3.8) is 0 Å². The first-order valence-electron chi connectivity index (χ1n) is 11.2. The number of hydrogen-bond acceptors (Lipinski definition) is 7. The Morgan fingerprint density at radius 3 is 2.28 bits per heavy atom. The van der Waals surface area contributed by atoms with E-state index in [4.69, 9.17) is 35.8 Å². The monoisotopic (exact) mass is 605 g/mol. The minimum atomic E-state index is -4.55. The zero-order chi connectivity index (χ0) is 28.6. The van der Waals surface area contributed by atoms with Gasteiger partial charge in [0.2, 0.25) is 5.88 Å². The summed E-state index contributed by atoms with van der Waals surface area (Å²) in [4.78, 5) is 29.3.